The molecule has 6 aromatic carbocycles. The molecule has 0 aromatic heterocycles. The minimum Gasteiger partial charge on any atom is -0.315 e. The predicted octanol–water partition coefficient (Wildman–Crippen LogP) is 12.9. The van der Waals surface area contributed by atoms with Crippen LogP contribution in [0.1, 0.15) is 69.1 Å². The van der Waals surface area contributed by atoms with Gasteiger partial charge in [0.1, 0.15) is 0 Å². The Balaban J connectivity index is 1.13. The third kappa shape index (κ3) is 6.00. The summed E-state index contributed by atoms with van der Waals surface area (Å²) in [5.74, 6) is 0. The van der Waals surface area contributed by atoms with Gasteiger partial charge in [0.25, 0.3) is 6.71 Å². The lowest BCUT2D eigenvalue weighted by Crippen LogP contribution is -2.62. The molecule has 2 nitrogen and oxygen atoms in total. The summed E-state index contributed by atoms with van der Waals surface area (Å²) in [6.07, 6.45) is 25.4. The summed E-state index contributed by atoms with van der Waals surface area (Å²) in [7, 11) is 0. The van der Waals surface area contributed by atoms with Crippen LogP contribution in [0.4, 0.5) is 28.4 Å². The number of para-hydroxylation sites is 2. The molecule has 0 fully saturated rings. The summed E-state index contributed by atoms with van der Waals surface area (Å²) in [6.45, 7) is 4.97. The fourth-order valence-corrected chi connectivity index (χ4v) is 11.2. The smallest absolute Gasteiger partial charge is 0.252 e. The van der Waals surface area contributed by atoms with E-state index in [4.69, 9.17) is 0 Å². The molecule has 0 radical (unpaired) electrons. The van der Waals surface area contributed by atoms with Crippen molar-refractivity contribution in [2.75, 3.05) is 9.80 Å². The van der Waals surface area contributed by atoms with Crippen LogP contribution in [0.3, 0.4) is 0 Å². The Bertz CT molecular complexity index is 2800. The molecule has 1 unspecified atom stereocenters. The zero-order valence-corrected chi connectivity index (χ0v) is 35.3. The second-order valence-electron chi connectivity index (χ2n) is 17.6. The fourth-order valence-electron chi connectivity index (χ4n) is 11.2. The first kappa shape index (κ1) is 37.4. The standard InChI is InChI=1S/C58H51BN2/c1-57(42-21-8-3-9-22-42,43-23-10-4-11-24-43)46-35-38-49(39-36-46)61-53-40-37-47(58(2,44-25-12-5-13-26-44)45-27-14-6-15-28-45)41-51(53)59-50-31-18-19-32-52(50)60(48-29-16-7-17-30-48)54-33-20-34-55(61)56(54)59/h3-5,7-12,14,16-25,27-35,37-38,40-41H,6,13,15,26,36,39H2,1-2H3. The van der Waals surface area contributed by atoms with E-state index in [1.807, 2.05) is 0 Å². The number of benzene rings is 6. The first-order chi connectivity index (χ1) is 30.0. The highest BCUT2D eigenvalue weighted by Crippen LogP contribution is 2.49. The molecule has 1 atom stereocenters. The number of nitrogens with zero attached hydrogens (tertiary/aromatic N) is 2. The van der Waals surface area contributed by atoms with E-state index in [1.165, 1.54) is 83.9 Å². The van der Waals surface area contributed by atoms with Gasteiger partial charge in [0.2, 0.25) is 0 Å². The molecule has 0 amide bonds. The van der Waals surface area contributed by atoms with Crippen molar-refractivity contribution in [3.05, 3.63) is 239 Å². The van der Waals surface area contributed by atoms with Crippen LogP contribution in [0.2, 0.25) is 0 Å². The number of hydrogen-bond acceptors (Lipinski definition) is 2. The molecule has 3 heteroatoms. The Morgan fingerprint density at radius 3 is 1.80 bits per heavy atom. The van der Waals surface area contributed by atoms with Gasteiger partial charge in [-0.1, -0.05) is 169 Å². The van der Waals surface area contributed by atoms with E-state index in [0.717, 1.165) is 38.5 Å². The van der Waals surface area contributed by atoms with Crippen LogP contribution in [0.15, 0.2) is 223 Å². The van der Waals surface area contributed by atoms with Crippen molar-refractivity contribution < 1.29 is 0 Å². The number of rotatable bonds is 8. The van der Waals surface area contributed by atoms with E-state index in [0.29, 0.717) is 0 Å². The molecule has 0 spiro atoms. The highest BCUT2D eigenvalue weighted by atomic mass is 15.2. The van der Waals surface area contributed by atoms with Gasteiger partial charge in [0.15, 0.2) is 0 Å². The van der Waals surface area contributed by atoms with Crippen molar-refractivity contribution in [2.45, 2.75) is 63.2 Å². The maximum atomic E-state index is 2.63. The van der Waals surface area contributed by atoms with Gasteiger partial charge >= 0.3 is 0 Å². The summed E-state index contributed by atoms with van der Waals surface area (Å²) in [4.78, 5) is 5.12. The van der Waals surface area contributed by atoms with Crippen LogP contribution < -0.4 is 26.2 Å². The molecule has 0 saturated carbocycles. The van der Waals surface area contributed by atoms with E-state index in [9.17, 15) is 0 Å². The Kier molecular flexibility index (Phi) is 9.30. The first-order valence-corrected chi connectivity index (χ1v) is 22.3. The predicted molar refractivity (Wildman–Crippen MR) is 259 cm³/mol. The molecule has 11 rings (SSSR count). The van der Waals surface area contributed by atoms with E-state index >= 15 is 0 Å². The molecule has 0 bridgehead atoms. The largest absolute Gasteiger partial charge is 0.315 e. The van der Waals surface area contributed by atoms with Crippen LogP contribution in [-0.2, 0) is 10.8 Å². The van der Waals surface area contributed by atoms with Crippen molar-refractivity contribution >= 4 is 51.5 Å². The maximum absolute atomic E-state index is 2.63. The van der Waals surface area contributed by atoms with Gasteiger partial charge in [-0.05, 0) is 133 Å². The molecule has 2 heterocycles. The Labute approximate surface area is 362 Å². The third-order valence-electron chi connectivity index (χ3n) is 14.5. The van der Waals surface area contributed by atoms with Gasteiger partial charge in [0.05, 0.1) is 0 Å². The molecule has 2 aliphatic heterocycles. The van der Waals surface area contributed by atoms with Gasteiger partial charge in [0, 0.05) is 45.0 Å². The van der Waals surface area contributed by atoms with E-state index in [-0.39, 0.29) is 17.5 Å². The molecular weight excluding hydrogens is 735 g/mol. The SMILES string of the molecule is CC(C1=CCCC=C1)(C1=CC=CCC1)c1ccc2c(c1)B1c3ccccc3N(c3ccccc3)c3cccc(c31)N2C1=CC=C(C(C)(c2ccccc2)c2ccccc2)CC1. The monoisotopic (exact) mass is 786 g/mol. The first-order valence-electron chi connectivity index (χ1n) is 22.3. The van der Waals surface area contributed by atoms with Crippen molar-refractivity contribution in [1.29, 1.82) is 0 Å². The lowest BCUT2D eigenvalue weighted by Gasteiger charge is -2.46. The maximum Gasteiger partial charge on any atom is 0.252 e. The highest BCUT2D eigenvalue weighted by molar-refractivity contribution is 7.00. The normalized spacial score (nSPS) is 17.6. The van der Waals surface area contributed by atoms with Gasteiger partial charge in [-0.25, -0.2) is 0 Å². The van der Waals surface area contributed by atoms with Crippen LogP contribution >= 0.6 is 0 Å². The van der Waals surface area contributed by atoms with Gasteiger partial charge in [-0.3, -0.25) is 0 Å². The van der Waals surface area contributed by atoms with E-state index < -0.39 is 0 Å². The van der Waals surface area contributed by atoms with Gasteiger partial charge in [-0.15, -0.1) is 0 Å². The zero-order chi connectivity index (χ0) is 41.0. The van der Waals surface area contributed by atoms with Crippen molar-refractivity contribution in [1.82, 2.24) is 0 Å². The average molecular weight is 787 g/mol. The van der Waals surface area contributed by atoms with Crippen molar-refractivity contribution in [3.63, 3.8) is 0 Å². The minimum absolute atomic E-state index is 0.0728. The zero-order valence-electron chi connectivity index (χ0n) is 35.3. The lowest BCUT2D eigenvalue weighted by atomic mass is 9.33. The van der Waals surface area contributed by atoms with E-state index in [1.54, 1.807) is 0 Å². The second-order valence-corrected chi connectivity index (χ2v) is 17.6. The topological polar surface area (TPSA) is 6.48 Å². The number of anilines is 5. The van der Waals surface area contributed by atoms with Crippen LogP contribution in [-0.4, -0.2) is 6.71 Å². The highest BCUT2D eigenvalue weighted by Gasteiger charge is 2.45. The van der Waals surface area contributed by atoms with Crippen LogP contribution in [0.5, 0.6) is 0 Å². The van der Waals surface area contributed by atoms with Crippen LogP contribution in [0.25, 0.3) is 0 Å². The van der Waals surface area contributed by atoms with Crippen LogP contribution in [0, 0.1) is 0 Å². The average Bonchev–Trinajstić information content (AvgIpc) is 3.34. The fraction of sp³-hybridized carbons (Fsp3) is 0.172. The number of allylic oxidation sites excluding steroid dienone is 12. The third-order valence-corrected chi connectivity index (χ3v) is 14.5. The molecule has 3 aliphatic carbocycles. The molecular formula is C58H51BN2. The lowest BCUT2D eigenvalue weighted by molar-refractivity contribution is 0.625. The molecule has 0 saturated heterocycles. The summed E-state index contributed by atoms with van der Waals surface area (Å²) < 4.78 is 0. The molecule has 296 valence electrons. The Morgan fingerprint density at radius 1 is 0.475 bits per heavy atom. The van der Waals surface area contributed by atoms with Crippen molar-refractivity contribution in [2.24, 2.45) is 0 Å². The van der Waals surface area contributed by atoms with Gasteiger partial charge in [-0.2, -0.15) is 0 Å². The second kappa shape index (κ2) is 15.2. The molecule has 5 aliphatic rings. The summed E-state index contributed by atoms with van der Waals surface area (Å²) >= 11 is 0. The Morgan fingerprint density at radius 2 is 1.13 bits per heavy atom. The number of fused-ring (bicyclic) bond motifs is 4. The Hall–Kier alpha value is -6.58. The summed E-state index contributed by atoms with van der Waals surface area (Å²) in [6, 6.07) is 56.8. The molecule has 6 aromatic rings. The summed E-state index contributed by atoms with van der Waals surface area (Å²) in [5.41, 5.74) is 19.6. The van der Waals surface area contributed by atoms with E-state index in [2.05, 4.69) is 224 Å². The summed E-state index contributed by atoms with van der Waals surface area (Å²) in [5, 5.41) is 0. The number of hydrogen-bond donors (Lipinski definition) is 0. The molecule has 0 N–H and O–H groups in total. The quantitative estimate of drug-likeness (QED) is 0.142. The molecule has 61 heavy (non-hydrogen) atoms. The van der Waals surface area contributed by atoms with Gasteiger partial charge < -0.3 is 9.80 Å². The minimum atomic E-state index is -0.244. The van der Waals surface area contributed by atoms with Crippen molar-refractivity contribution in [3.8, 4) is 0 Å².